The van der Waals surface area contributed by atoms with Crippen molar-refractivity contribution < 1.29 is 0 Å². The highest BCUT2D eigenvalue weighted by Gasteiger charge is 2.16. The van der Waals surface area contributed by atoms with E-state index in [1.165, 1.54) is 31.3 Å². The maximum atomic E-state index is 7.37. The molecule has 0 aliphatic rings. The number of hydrogen-bond donors (Lipinski definition) is 0. The van der Waals surface area contributed by atoms with Gasteiger partial charge >= 0.3 is 0 Å². The molecule has 1 aromatic heterocycles. The molecule has 0 spiro atoms. The summed E-state index contributed by atoms with van der Waals surface area (Å²) in [7, 11) is 0. The summed E-state index contributed by atoms with van der Waals surface area (Å²) in [6.45, 7) is 7.37. The van der Waals surface area contributed by atoms with Crippen LogP contribution in [0.25, 0.3) is 36.1 Å². The predicted octanol–water partition coefficient (Wildman–Crippen LogP) is 13.2. The van der Waals surface area contributed by atoms with Crippen LogP contribution in [0.2, 0.25) is 0 Å². The van der Waals surface area contributed by atoms with Gasteiger partial charge in [0.05, 0.1) is 6.57 Å². The Bertz CT molecular complexity index is 2300. The van der Waals surface area contributed by atoms with Gasteiger partial charge < -0.3 is 9.80 Å². The van der Waals surface area contributed by atoms with Gasteiger partial charge in [0.2, 0.25) is 0 Å². The number of benzene rings is 7. The van der Waals surface area contributed by atoms with E-state index >= 15 is 0 Å². The van der Waals surface area contributed by atoms with E-state index in [1.54, 1.807) is 0 Å². The van der Waals surface area contributed by atoms with E-state index in [-0.39, 0.29) is 0 Å². The second-order valence-corrected chi connectivity index (χ2v) is 12.4. The van der Waals surface area contributed by atoms with Gasteiger partial charge in [-0.1, -0.05) is 97.1 Å². The quantitative estimate of drug-likeness (QED) is 0.164. The SMILES string of the molecule is [C-]#[N+]c1ccc(N(c2ccccc2)c2ccc3c(c2)sc2cc(-c4ccc(N(c5ccccc5)c5ccccc5)cc4)ccc23)cc1. The maximum Gasteiger partial charge on any atom is 0.187 e. The zero-order valence-electron chi connectivity index (χ0n) is 25.5. The highest BCUT2D eigenvalue weighted by Crippen LogP contribution is 2.42. The van der Waals surface area contributed by atoms with Crippen LogP contribution >= 0.6 is 11.3 Å². The molecule has 7 aromatic carbocycles. The van der Waals surface area contributed by atoms with Crippen molar-refractivity contribution in [2.75, 3.05) is 9.80 Å². The topological polar surface area (TPSA) is 10.8 Å². The van der Waals surface area contributed by atoms with Gasteiger partial charge in [0.25, 0.3) is 0 Å². The van der Waals surface area contributed by atoms with Crippen LogP contribution in [-0.4, -0.2) is 0 Å². The van der Waals surface area contributed by atoms with E-state index in [4.69, 9.17) is 6.57 Å². The summed E-state index contributed by atoms with van der Waals surface area (Å²) >= 11 is 1.83. The van der Waals surface area contributed by atoms with E-state index in [0.717, 1.165) is 34.1 Å². The molecule has 0 bridgehead atoms. The number of anilines is 6. The molecular formula is C43H29N3S. The smallest absolute Gasteiger partial charge is 0.187 e. The van der Waals surface area contributed by atoms with Crippen LogP contribution in [0.4, 0.5) is 39.8 Å². The lowest BCUT2D eigenvalue weighted by Gasteiger charge is -2.25. The number of nitrogens with zero attached hydrogens (tertiary/aromatic N) is 3. The molecule has 3 nitrogen and oxygen atoms in total. The molecule has 222 valence electrons. The van der Waals surface area contributed by atoms with Gasteiger partial charge in [0, 0.05) is 54.3 Å². The van der Waals surface area contributed by atoms with E-state index in [2.05, 4.69) is 160 Å². The first-order chi connectivity index (χ1) is 23.2. The van der Waals surface area contributed by atoms with Crippen LogP contribution in [0, 0.1) is 6.57 Å². The van der Waals surface area contributed by atoms with Crippen LogP contribution in [0.3, 0.4) is 0 Å². The Labute approximate surface area is 278 Å². The molecule has 0 saturated heterocycles. The van der Waals surface area contributed by atoms with Crippen molar-refractivity contribution in [2.45, 2.75) is 0 Å². The number of para-hydroxylation sites is 3. The largest absolute Gasteiger partial charge is 0.311 e. The van der Waals surface area contributed by atoms with Gasteiger partial charge in [-0.2, -0.15) is 0 Å². The normalized spacial score (nSPS) is 11.0. The third kappa shape index (κ3) is 5.50. The summed E-state index contributed by atoms with van der Waals surface area (Å²) in [6.07, 6.45) is 0. The van der Waals surface area contributed by atoms with Crippen molar-refractivity contribution in [3.8, 4) is 11.1 Å². The Morgan fingerprint density at radius 2 is 0.787 bits per heavy atom. The molecule has 0 unspecified atom stereocenters. The molecule has 0 fully saturated rings. The van der Waals surface area contributed by atoms with Crippen molar-refractivity contribution in [1.82, 2.24) is 0 Å². The molecular weight excluding hydrogens is 591 g/mol. The minimum absolute atomic E-state index is 0.636. The van der Waals surface area contributed by atoms with E-state index in [0.29, 0.717) is 5.69 Å². The van der Waals surface area contributed by atoms with Gasteiger partial charge in [0.1, 0.15) is 0 Å². The van der Waals surface area contributed by atoms with Crippen molar-refractivity contribution in [3.05, 3.63) is 187 Å². The Morgan fingerprint density at radius 1 is 0.383 bits per heavy atom. The molecule has 47 heavy (non-hydrogen) atoms. The van der Waals surface area contributed by atoms with E-state index in [9.17, 15) is 0 Å². The molecule has 0 saturated carbocycles. The van der Waals surface area contributed by atoms with Crippen LogP contribution in [0.5, 0.6) is 0 Å². The van der Waals surface area contributed by atoms with E-state index < -0.39 is 0 Å². The molecule has 0 aliphatic carbocycles. The van der Waals surface area contributed by atoms with Gasteiger partial charge in [-0.25, -0.2) is 4.85 Å². The van der Waals surface area contributed by atoms with Gasteiger partial charge in [-0.3, -0.25) is 0 Å². The monoisotopic (exact) mass is 619 g/mol. The standard InChI is InChI=1S/C43H29N3S/c1-44-33-20-24-38(25-21-33)46(36-15-9-4-10-16-36)39-26-28-41-40-27-19-32(29-42(40)47-43(41)30-39)31-17-22-37(23-18-31)45(34-11-5-2-6-12-34)35-13-7-3-8-14-35/h2-30H. The minimum Gasteiger partial charge on any atom is -0.311 e. The van der Waals surface area contributed by atoms with Crippen LogP contribution in [-0.2, 0) is 0 Å². The first-order valence-electron chi connectivity index (χ1n) is 15.5. The summed E-state index contributed by atoms with van der Waals surface area (Å²) in [5, 5.41) is 2.53. The molecule has 4 heteroatoms. The van der Waals surface area contributed by atoms with Crippen molar-refractivity contribution in [3.63, 3.8) is 0 Å². The number of hydrogen-bond acceptors (Lipinski definition) is 3. The molecule has 0 aliphatic heterocycles. The maximum absolute atomic E-state index is 7.37. The van der Waals surface area contributed by atoms with Crippen molar-refractivity contribution >= 4 is 71.3 Å². The Morgan fingerprint density at radius 3 is 1.32 bits per heavy atom. The van der Waals surface area contributed by atoms with Gasteiger partial charge in [-0.05, 0) is 90.0 Å². The molecule has 0 N–H and O–H groups in total. The lowest BCUT2D eigenvalue weighted by atomic mass is 10.0. The average molecular weight is 620 g/mol. The molecule has 8 aromatic rings. The second kappa shape index (κ2) is 12.3. The molecule has 8 rings (SSSR count). The predicted molar refractivity (Wildman–Crippen MR) is 200 cm³/mol. The fourth-order valence-corrected chi connectivity index (χ4v) is 7.37. The van der Waals surface area contributed by atoms with Crippen molar-refractivity contribution in [1.29, 1.82) is 0 Å². The molecule has 1 heterocycles. The lowest BCUT2D eigenvalue weighted by Crippen LogP contribution is -2.09. The summed E-state index contributed by atoms with van der Waals surface area (Å²) < 4.78 is 2.51. The Kier molecular flexibility index (Phi) is 7.43. The van der Waals surface area contributed by atoms with Gasteiger partial charge in [0.15, 0.2) is 5.69 Å². The van der Waals surface area contributed by atoms with Crippen LogP contribution < -0.4 is 9.80 Å². The summed E-state index contributed by atoms with van der Waals surface area (Å²) in [5.41, 5.74) is 9.58. The lowest BCUT2D eigenvalue weighted by molar-refractivity contribution is 1.28. The number of rotatable bonds is 7. The highest BCUT2D eigenvalue weighted by molar-refractivity contribution is 7.25. The number of fused-ring (bicyclic) bond motifs is 3. The minimum atomic E-state index is 0.636. The fraction of sp³-hybridized carbons (Fsp3) is 0. The molecule has 0 radical (unpaired) electrons. The van der Waals surface area contributed by atoms with Crippen LogP contribution in [0.15, 0.2) is 176 Å². The Hall–Kier alpha value is -6.15. The third-order valence-electron chi connectivity index (χ3n) is 8.45. The van der Waals surface area contributed by atoms with Crippen molar-refractivity contribution in [2.24, 2.45) is 0 Å². The van der Waals surface area contributed by atoms with Crippen LogP contribution in [0.1, 0.15) is 0 Å². The third-order valence-corrected chi connectivity index (χ3v) is 9.57. The first kappa shape index (κ1) is 28.3. The summed E-state index contributed by atoms with van der Waals surface area (Å²) in [4.78, 5) is 8.11. The van der Waals surface area contributed by atoms with E-state index in [1.807, 2.05) is 41.7 Å². The second-order valence-electron chi connectivity index (χ2n) is 11.3. The average Bonchev–Trinajstić information content (AvgIpc) is 3.51. The zero-order valence-corrected chi connectivity index (χ0v) is 26.3. The Balaban J connectivity index is 1.15. The van der Waals surface area contributed by atoms with Gasteiger partial charge in [-0.15, -0.1) is 11.3 Å². The number of thiophene rings is 1. The fourth-order valence-electron chi connectivity index (χ4n) is 6.19. The molecule has 0 amide bonds. The molecule has 0 atom stereocenters. The summed E-state index contributed by atoms with van der Waals surface area (Å²) in [5.74, 6) is 0. The zero-order chi connectivity index (χ0) is 31.6. The summed E-state index contributed by atoms with van der Waals surface area (Å²) in [6, 6.07) is 61.6. The first-order valence-corrected chi connectivity index (χ1v) is 16.4. The highest BCUT2D eigenvalue weighted by atomic mass is 32.1.